The average molecular weight is 443 g/mol. The summed E-state index contributed by atoms with van der Waals surface area (Å²) in [5, 5.41) is 6.37. The van der Waals surface area contributed by atoms with Crippen LogP contribution in [0.5, 0.6) is 5.75 Å². The number of aromatic nitrogens is 1. The normalized spacial score (nSPS) is 15.5. The number of amides is 1. The molecule has 1 atom stereocenters. The van der Waals surface area contributed by atoms with Crippen LogP contribution in [-0.4, -0.2) is 52.8 Å². The third-order valence-electron chi connectivity index (χ3n) is 5.97. The lowest BCUT2D eigenvalue weighted by Gasteiger charge is -2.25. The van der Waals surface area contributed by atoms with Crippen LogP contribution in [0.1, 0.15) is 47.8 Å². The topological polar surface area (TPSA) is 58.0 Å². The van der Waals surface area contributed by atoms with Gasteiger partial charge in [-0.1, -0.05) is 56.3 Å². The van der Waals surface area contributed by atoms with Crippen molar-refractivity contribution >= 4 is 11.6 Å². The Bertz CT molecular complexity index is 1080. The van der Waals surface area contributed by atoms with Crippen LogP contribution < -0.4 is 4.74 Å². The van der Waals surface area contributed by atoms with Gasteiger partial charge in [-0.15, -0.1) is 0 Å². The SMILES string of the molecule is CCN(CC)CCOc1ccccc1C1CC(c2cccnc2)=NN1C(=O)c1ccccc1. The minimum Gasteiger partial charge on any atom is -0.492 e. The van der Waals surface area contributed by atoms with Crippen LogP contribution in [0, 0.1) is 0 Å². The molecule has 33 heavy (non-hydrogen) atoms. The molecule has 2 heterocycles. The Kier molecular flexibility index (Phi) is 7.47. The number of rotatable bonds is 9. The number of ether oxygens (including phenoxy) is 1. The summed E-state index contributed by atoms with van der Waals surface area (Å²) in [4.78, 5) is 20.0. The van der Waals surface area contributed by atoms with Crippen LogP contribution in [0.3, 0.4) is 0 Å². The molecule has 3 aromatic rings. The number of nitrogens with zero attached hydrogens (tertiary/aromatic N) is 4. The summed E-state index contributed by atoms with van der Waals surface area (Å²) in [7, 11) is 0. The molecular weight excluding hydrogens is 412 g/mol. The molecule has 1 aromatic heterocycles. The number of carbonyl (C=O) groups excluding carboxylic acids is 1. The fourth-order valence-electron chi connectivity index (χ4n) is 4.07. The molecule has 1 aliphatic heterocycles. The van der Waals surface area contributed by atoms with E-state index >= 15 is 0 Å². The van der Waals surface area contributed by atoms with E-state index in [1.807, 2.05) is 66.7 Å². The van der Waals surface area contributed by atoms with Crippen molar-refractivity contribution in [3.8, 4) is 5.75 Å². The summed E-state index contributed by atoms with van der Waals surface area (Å²) in [5.41, 5.74) is 3.34. The van der Waals surface area contributed by atoms with E-state index in [1.54, 1.807) is 17.4 Å². The summed E-state index contributed by atoms with van der Waals surface area (Å²) in [5.74, 6) is 0.667. The van der Waals surface area contributed by atoms with E-state index in [9.17, 15) is 4.79 Å². The zero-order valence-electron chi connectivity index (χ0n) is 19.2. The Morgan fingerprint density at radius 2 is 1.79 bits per heavy atom. The van der Waals surface area contributed by atoms with Gasteiger partial charge in [-0.2, -0.15) is 5.10 Å². The highest BCUT2D eigenvalue weighted by Crippen LogP contribution is 2.38. The van der Waals surface area contributed by atoms with E-state index in [0.717, 1.165) is 42.2 Å². The molecule has 0 spiro atoms. The quantitative estimate of drug-likeness (QED) is 0.478. The summed E-state index contributed by atoms with van der Waals surface area (Å²) in [6.07, 6.45) is 4.13. The lowest BCUT2D eigenvalue weighted by atomic mass is 9.98. The van der Waals surface area contributed by atoms with Gasteiger partial charge >= 0.3 is 0 Å². The number of para-hydroxylation sites is 1. The van der Waals surface area contributed by atoms with Gasteiger partial charge in [0, 0.05) is 42.0 Å². The van der Waals surface area contributed by atoms with Crippen LogP contribution in [0.2, 0.25) is 0 Å². The van der Waals surface area contributed by atoms with E-state index in [0.29, 0.717) is 18.6 Å². The van der Waals surface area contributed by atoms with Crippen LogP contribution >= 0.6 is 0 Å². The Morgan fingerprint density at radius 3 is 2.52 bits per heavy atom. The number of hydrogen-bond donors (Lipinski definition) is 0. The third kappa shape index (κ3) is 5.29. The van der Waals surface area contributed by atoms with E-state index < -0.39 is 0 Å². The Balaban J connectivity index is 1.63. The first-order valence-corrected chi connectivity index (χ1v) is 11.5. The highest BCUT2D eigenvalue weighted by molar-refractivity contribution is 6.04. The molecule has 0 saturated carbocycles. The second-order valence-corrected chi connectivity index (χ2v) is 7.94. The number of benzene rings is 2. The first kappa shape index (κ1) is 22.7. The largest absolute Gasteiger partial charge is 0.492 e. The molecule has 6 heteroatoms. The fraction of sp³-hybridized carbons (Fsp3) is 0.296. The Labute approximate surface area is 195 Å². The smallest absolute Gasteiger partial charge is 0.274 e. The van der Waals surface area contributed by atoms with Crippen LogP contribution in [0.4, 0.5) is 0 Å². The maximum Gasteiger partial charge on any atom is 0.274 e. The summed E-state index contributed by atoms with van der Waals surface area (Å²) < 4.78 is 6.22. The molecule has 0 N–H and O–H groups in total. The molecule has 2 aromatic carbocycles. The van der Waals surface area contributed by atoms with Crippen LogP contribution in [-0.2, 0) is 0 Å². The standard InChI is InChI=1S/C27H30N4O2/c1-3-30(4-2)17-18-33-26-15-9-8-14-23(26)25-19-24(22-13-10-16-28-20-22)29-31(25)27(32)21-11-6-5-7-12-21/h5-16,20,25H,3-4,17-19H2,1-2H3. The summed E-state index contributed by atoms with van der Waals surface area (Å²) >= 11 is 0. The molecule has 4 rings (SSSR count). The predicted molar refractivity (Wildman–Crippen MR) is 130 cm³/mol. The van der Waals surface area contributed by atoms with Gasteiger partial charge in [0.25, 0.3) is 5.91 Å². The maximum atomic E-state index is 13.5. The monoisotopic (exact) mass is 442 g/mol. The van der Waals surface area contributed by atoms with Gasteiger partial charge in [0.1, 0.15) is 12.4 Å². The number of carbonyl (C=O) groups is 1. The lowest BCUT2D eigenvalue weighted by molar-refractivity contribution is 0.0708. The number of likely N-dealkylation sites (N-methyl/N-ethyl adjacent to an activating group) is 1. The van der Waals surface area contributed by atoms with E-state index in [4.69, 9.17) is 9.84 Å². The van der Waals surface area contributed by atoms with E-state index in [-0.39, 0.29) is 11.9 Å². The van der Waals surface area contributed by atoms with Crippen molar-refractivity contribution in [2.24, 2.45) is 5.10 Å². The molecular formula is C27H30N4O2. The van der Waals surface area contributed by atoms with Crippen molar-refractivity contribution in [2.75, 3.05) is 26.2 Å². The minimum absolute atomic E-state index is 0.127. The Hall–Kier alpha value is -3.51. The van der Waals surface area contributed by atoms with Crippen molar-refractivity contribution in [2.45, 2.75) is 26.3 Å². The first-order valence-electron chi connectivity index (χ1n) is 11.5. The summed E-state index contributed by atoms with van der Waals surface area (Å²) in [6, 6.07) is 20.9. The zero-order valence-corrected chi connectivity index (χ0v) is 19.2. The molecule has 0 bridgehead atoms. The van der Waals surface area contributed by atoms with Crippen molar-refractivity contribution in [1.29, 1.82) is 0 Å². The van der Waals surface area contributed by atoms with Gasteiger partial charge < -0.3 is 9.64 Å². The Morgan fingerprint density at radius 1 is 1.03 bits per heavy atom. The minimum atomic E-state index is -0.252. The van der Waals surface area contributed by atoms with Crippen molar-refractivity contribution < 1.29 is 9.53 Å². The van der Waals surface area contributed by atoms with Crippen molar-refractivity contribution in [3.05, 3.63) is 95.8 Å². The zero-order chi connectivity index (χ0) is 23.0. The highest BCUT2D eigenvalue weighted by atomic mass is 16.5. The molecule has 6 nitrogen and oxygen atoms in total. The van der Waals surface area contributed by atoms with Gasteiger partial charge in [0.15, 0.2) is 0 Å². The lowest BCUT2D eigenvalue weighted by Crippen LogP contribution is -2.29. The fourth-order valence-corrected chi connectivity index (χ4v) is 4.07. The molecule has 1 unspecified atom stereocenters. The number of hydrazone groups is 1. The van der Waals surface area contributed by atoms with Gasteiger partial charge in [-0.3, -0.25) is 9.78 Å². The molecule has 0 saturated heterocycles. The first-order chi connectivity index (χ1) is 16.2. The van der Waals surface area contributed by atoms with Crippen LogP contribution in [0.25, 0.3) is 0 Å². The average Bonchev–Trinajstić information content (AvgIpc) is 3.33. The third-order valence-corrected chi connectivity index (χ3v) is 5.97. The van der Waals surface area contributed by atoms with Crippen LogP contribution in [0.15, 0.2) is 84.2 Å². The second kappa shape index (κ2) is 10.9. The predicted octanol–water partition coefficient (Wildman–Crippen LogP) is 4.79. The molecule has 170 valence electrons. The molecule has 0 fully saturated rings. The van der Waals surface area contributed by atoms with Crippen molar-refractivity contribution in [3.63, 3.8) is 0 Å². The van der Waals surface area contributed by atoms with Gasteiger partial charge in [0.05, 0.1) is 11.8 Å². The molecule has 1 aliphatic rings. The summed E-state index contributed by atoms with van der Waals surface area (Å²) in [6.45, 7) is 7.74. The second-order valence-electron chi connectivity index (χ2n) is 7.94. The molecule has 1 amide bonds. The van der Waals surface area contributed by atoms with E-state index in [1.165, 1.54) is 0 Å². The number of hydrogen-bond acceptors (Lipinski definition) is 5. The van der Waals surface area contributed by atoms with Crippen molar-refractivity contribution in [1.82, 2.24) is 14.9 Å². The van der Waals surface area contributed by atoms with Gasteiger partial charge in [-0.05, 0) is 37.4 Å². The van der Waals surface area contributed by atoms with Gasteiger partial charge in [-0.25, -0.2) is 5.01 Å². The number of pyridine rings is 1. The van der Waals surface area contributed by atoms with Gasteiger partial charge in [0.2, 0.25) is 0 Å². The highest BCUT2D eigenvalue weighted by Gasteiger charge is 2.35. The molecule has 0 radical (unpaired) electrons. The van der Waals surface area contributed by atoms with E-state index in [2.05, 4.69) is 23.7 Å². The molecule has 0 aliphatic carbocycles. The maximum absolute atomic E-state index is 13.5.